The summed E-state index contributed by atoms with van der Waals surface area (Å²) in [5.41, 5.74) is -0.0707. The van der Waals surface area contributed by atoms with Gasteiger partial charge in [0.2, 0.25) is 0 Å². The van der Waals surface area contributed by atoms with Crippen molar-refractivity contribution in [2.24, 2.45) is 13.0 Å². The van der Waals surface area contributed by atoms with Gasteiger partial charge in [-0.25, -0.2) is 0 Å². The summed E-state index contributed by atoms with van der Waals surface area (Å²) in [6.07, 6.45) is 2.60. The van der Waals surface area contributed by atoms with Crippen LogP contribution < -0.4 is 0 Å². The minimum Gasteiger partial charge on any atom is -0.383 e. The molecule has 1 aliphatic rings. The van der Waals surface area contributed by atoms with E-state index in [-0.39, 0.29) is 5.92 Å². The highest BCUT2D eigenvalue weighted by atomic mass is 79.9. The first-order valence-electron chi connectivity index (χ1n) is 5.01. The molecule has 1 N–H and O–H groups in total. The first kappa shape index (κ1) is 11.1. The highest BCUT2D eigenvalue weighted by Gasteiger charge is 2.39. The lowest BCUT2D eigenvalue weighted by Gasteiger charge is -2.29. The number of halogens is 1. The predicted octanol–water partition coefficient (Wildman–Crippen LogP) is 1.43. The van der Waals surface area contributed by atoms with Gasteiger partial charge < -0.3 is 9.84 Å². The maximum Gasteiger partial charge on any atom is 0.110 e. The zero-order valence-corrected chi connectivity index (χ0v) is 10.5. The lowest BCUT2D eigenvalue weighted by Crippen LogP contribution is -2.34. The van der Waals surface area contributed by atoms with Crippen molar-refractivity contribution in [2.45, 2.75) is 18.9 Å². The minimum atomic E-state index is -0.888. The van der Waals surface area contributed by atoms with Crippen molar-refractivity contribution in [3.8, 4) is 0 Å². The quantitative estimate of drug-likeness (QED) is 0.888. The SMILES string of the molecule is Cn1ncc(Br)c1C(C)(O)C1CCOC1. The highest BCUT2D eigenvalue weighted by molar-refractivity contribution is 9.10. The molecular weight excluding hydrogens is 260 g/mol. The molecule has 4 nitrogen and oxygen atoms in total. The molecule has 1 aliphatic heterocycles. The van der Waals surface area contributed by atoms with E-state index in [4.69, 9.17) is 4.74 Å². The Bertz CT molecular complexity index is 337. The van der Waals surface area contributed by atoms with Gasteiger partial charge in [0.15, 0.2) is 0 Å². The van der Waals surface area contributed by atoms with Gasteiger partial charge >= 0.3 is 0 Å². The van der Waals surface area contributed by atoms with E-state index in [1.807, 2.05) is 14.0 Å². The summed E-state index contributed by atoms with van der Waals surface area (Å²) in [4.78, 5) is 0. The van der Waals surface area contributed by atoms with Crippen molar-refractivity contribution in [3.05, 3.63) is 16.4 Å². The monoisotopic (exact) mass is 274 g/mol. The third-order valence-electron chi connectivity index (χ3n) is 3.10. The number of rotatable bonds is 2. The molecule has 2 rings (SSSR count). The Balaban J connectivity index is 2.35. The fraction of sp³-hybridized carbons (Fsp3) is 0.700. The van der Waals surface area contributed by atoms with E-state index in [0.29, 0.717) is 6.61 Å². The van der Waals surface area contributed by atoms with Crippen molar-refractivity contribution >= 4 is 15.9 Å². The smallest absolute Gasteiger partial charge is 0.110 e. The first-order valence-corrected chi connectivity index (χ1v) is 5.81. The third-order valence-corrected chi connectivity index (χ3v) is 3.68. The Hall–Kier alpha value is -0.390. The van der Waals surface area contributed by atoms with Crippen LogP contribution in [0.25, 0.3) is 0 Å². The number of aryl methyl sites for hydroxylation is 1. The summed E-state index contributed by atoms with van der Waals surface area (Å²) in [5.74, 6) is 0.143. The van der Waals surface area contributed by atoms with Crippen molar-refractivity contribution in [1.82, 2.24) is 9.78 Å². The Labute approximate surface area is 97.4 Å². The maximum absolute atomic E-state index is 10.6. The van der Waals surface area contributed by atoms with Crippen LogP contribution in [0.2, 0.25) is 0 Å². The van der Waals surface area contributed by atoms with Crippen LogP contribution in [0.4, 0.5) is 0 Å². The molecule has 0 radical (unpaired) electrons. The van der Waals surface area contributed by atoms with Crippen molar-refractivity contribution < 1.29 is 9.84 Å². The van der Waals surface area contributed by atoms with Crippen LogP contribution in [0.5, 0.6) is 0 Å². The molecule has 0 saturated carbocycles. The summed E-state index contributed by atoms with van der Waals surface area (Å²) in [7, 11) is 1.84. The van der Waals surface area contributed by atoms with Crippen LogP contribution in [0.1, 0.15) is 19.0 Å². The zero-order valence-electron chi connectivity index (χ0n) is 8.90. The van der Waals surface area contributed by atoms with Gasteiger partial charge in [-0.1, -0.05) is 0 Å². The van der Waals surface area contributed by atoms with E-state index in [1.165, 1.54) is 0 Å². The topological polar surface area (TPSA) is 47.3 Å². The van der Waals surface area contributed by atoms with Gasteiger partial charge in [-0.2, -0.15) is 5.10 Å². The van der Waals surface area contributed by atoms with Gasteiger partial charge in [-0.05, 0) is 29.3 Å². The summed E-state index contributed by atoms with van der Waals surface area (Å²) in [6.45, 7) is 3.18. The molecule has 1 aromatic rings. The van der Waals surface area contributed by atoms with Crippen LogP contribution in [0, 0.1) is 5.92 Å². The van der Waals surface area contributed by atoms with Gasteiger partial charge in [0, 0.05) is 19.6 Å². The summed E-state index contributed by atoms with van der Waals surface area (Å²) in [6, 6.07) is 0. The fourth-order valence-electron chi connectivity index (χ4n) is 2.15. The first-order chi connectivity index (χ1) is 7.03. The van der Waals surface area contributed by atoms with Gasteiger partial charge in [0.25, 0.3) is 0 Å². The average molecular weight is 275 g/mol. The Morgan fingerprint density at radius 3 is 2.93 bits per heavy atom. The number of nitrogens with zero attached hydrogens (tertiary/aromatic N) is 2. The molecular formula is C10H15BrN2O2. The molecule has 1 fully saturated rings. The molecule has 0 spiro atoms. The van der Waals surface area contributed by atoms with Crippen molar-refractivity contribution in [1.29, 1.82) is 0 Å². The molecule has 0 amide bonds. The second kappa shape index (κ2) is 3.88. The van der Waals surface area contributed by atoms with E-state index in [2.05, 4.69) is 21.0 Å². The fourth-order valence-corrected chi connectivity index (χ4v) is 2.90. The van der Waals surface area contributed by atoms with Gasteiger partial charge in [-0.15, -0.1) is 0 Å². The molecule has 2 unspecified atom stereocenters. The second-order valence-electron chi connectivity index (χ2n) is 4.17. The maximum atomic E-state index is 10.6. The molecule has 0 bridgehead atoms. The molecule has 2 heterocycles. The molecule has 1 aromatic heterocycles. The molecule has 1 saturated heterocycles. The summed E-state index contributed by atoms with van der Waals surface area (Å²) in [5, 5.41) is 14.7. The van der Waals surface area contributed by atoms with Crippen LogP contribution in [-0.4, -0.2) is 28.1 Å². The molecule has 0 aliphatic carbocycles. The van der Waals surface area contributed by atoms with Gasteiger partial charge in [0.05, 0.1) is 23.0 Å². The van der Waals surface area contributed by atoms with E-state index >= 15 is 0 Å². The van der Waals surface area contributed by atoms with Crippen LogP contribution in [-0.2, 0) is 17.4 Å². The van der Waals surface area contributed by atoms with E-state index in [1.54, 1.807) is 10.9 Å². The van der Waals surface area contributed by atoms with Gasteiger partial charge in [-0.3, -0.25) is 4.68 Å². The number of ether oxygens (including phenoxy) is 1. The largest absolute Gasteiger partial charge is 0.383 e. The predicted molar refractivity (Wildman–Crippen MR) is 59.4 cm³/mol. The van der Waals surface area contributed by atoms with Crippen LogP contribution >= 0.6 is 15.9 Å². The number of hydrogen-bond donors (Lipinski definition) is 1. The molecule has 5 heteroatoms. The minimum absolute atomic E-state index is 0.143. The van der Waals surface area contributed by atoms with Crippen molar-refractivity contribution in [2.75, 3.05) is 13.2 Å². The molecule has 2 atom stereocenters. The summed E-state index contributed by atoms with van der Waals surface area (Å²) < 4.78 is 7.88. The van der Waals surface area contributed by atoms with Crippen molar-refractivity contribution in [3.63, 3.8) is 0 Å². The normalized spacial score (nSPS) is 25.5. The van der Waals surface area contributed by atoms with E-state index in [0.717, 1.165) is 23.2 Å². The van der Waals surface area contributed by atoms with E-state index in [9.17, 15) is 5.11 Å². The lowest BCUT2D eigenvalue weighted by molar-refractivity contribution is -0.0172. The number of aliphatic hydroxyl groups is 1. The third kappa shape index (κ3) is 1.84. The molecule has 0 aromatic carbocycles. The number of hydrogen-bond acceptors (Lipinski definition) is 3. The zero-order chi connectivity index (χ0) is 11.1. The Morgan fingerprint density at radius 1 is 1.73 bits per heavy atom. The highest BCUT2D eigenvalue weighted by Crippen LogP contribution is 2.37. The average Bonchev–Trinajstić information content (AvgIpc) is 2.75. The Kier molecular flexibility index (Phi) is 2.87. The second-order valence-corrected chi connectivity index (χ2v) is 5.03. The Morgan fingerprint density at radius 2 is 2.47 bits per heavy atom. The molecule has 84 valence electrons. The molecule has 15 heavy (non-hydrogen) atoms. The van der Waals surface area contributed by atoms with Gasteiger partial charge in [0.1, 0.15) is 5.60 Å². The standard InChI is InChI=1S/C10H15BrN2O2/c1-10(14,7-3-4-15-6-7)9-8(11)5-12-13(9)2/h5,7,14H,3-4,6H2,1-2H3. The van der Waals surface area contributed by atoms with Crippen LogP contribution in [0.15, 0.2) is 10.7 Å². The lowest BCUT2D eigenvalue weighted by atomic mass is 9.85. The number of aromatic nitrogens is 2. The van der Waals surface area contributed by atoms with E-state index < -0.39 is 5.60 Å². The van der Waals surface area contributed by atoms with Crippen LogP contribution in [0.3, 0.4) is 0 Å². The summed E-state index contributed by atoms with van der Waals surface area (Å²) >= 11 is 3.42.